The maximum absolute atomic E-state index is 13.3. The Morgan fingerprint density at radius 1 is 0.971 bits per heavy atom. The number of phenolic OH excluding ortho intramolecular Hbond substituents is 1. The van der Waals surface area contributed by atoms with Crippen LogP contribution in [-0.4, -0.2) is 38.8 Å². The fraction of sp³-hybridized carbons (Fsp3) is 0.231. The molecular formula is C26H18BrNO6. The van der Waals surface area contributed by atoms with Crippen LogP contribution in [0.25, 0.3) is 10.8 Å². The number of hydrogen-bond donors (Lipinski definition) is 2. The first-order valence-corrected chi connectivity index (χ1v) is 11.8. The average Bonchev–Trinajstić information content (AvgIpc) is 3.05. The topological polar surface area (TPSA) is 112 Å². The molecule has 0 radical (unpaired) electrons. The monoisotopic (exact) mass is 519 g/mol. The van der Waals surface area contributed by atoms with E-state index in [-0.39, 0.29) is 45.3 Å². The summed E-state index contributed by atoms with van der Waals surface area (Å²) in [6, 6.07) is 10.8. The van der Waals surface area contributed by atoms with E-state index in [9.17, 15) is 29.5 Å². The van der Waals surface area contributed by atoms with Gasteiger partial charge in [0.1, 0.15) is 5.75 Å². The Balaban J connectivity index is 1.64. The number of carbonyl (C=O) groups is 4. The van der Waals surface area contributed by atoms with E-state index in [0.29, 0.717) is 11.1 Å². The second-order valence-electron chi connectivity index (χ2n) is 9.10. The standard InChI is InChI=1S/C26H18BrNO6/c27-17-10-19(30)22-16(24(17)31)9-15-13(6-7-14-20(15)26(33)28(34)25(14)32)23(22)21-12-4-2-1-3-11(12)5-8-18(21)29/h1-6,8,10,14-15,20,23,29,34H,7,9H2. The van der Waals surface area contributed by atoms with E-state index in [0.717, 1.165) is 16.3 Å². The number of allylic oxidation sites excluding steroid dienone is 6. The third-order valence-corrected chi connectivity index (χ3v) is 8.13. The van der Waals surface area contributed by atoms with Crippen LogP contribution in [0.4, 0.5) is 0 Å². The Morgan fingerprint density at radius 3 is 2.53 bits per heavy atom. The van der Waals surface area contributed by atoms with Gasteiger partial charge in [-0.1, -0.05) is 42.0 Å². The summed E-state index contributed by atoms with van der Waals surface area (Å²) in [5.41, 5.74) is 1.77. The molecule has 8 heteroatoms. The molecule has 4 atom stereocenters. The molecule has 0 bridgehead atoms. The van der Waals surface area contributed by atoms with Crippen LogP contribution in [0.3, 0.4) is 0 Å². The van der Waals surface area contributed by atoms with Gasteiger partial charge in [0, 0.05) is 28.7 Å². The lowest BCUT2D eigenvalue weighted by atomic mass is 9.59. The molecule has 1 heterocycles. The molecule has 6 rings (SSSR count). The number of amides is 2. The molecule has 0 saturated carbocycles. The molecule has 1 saturated heterocycles. The minimum absolute atomic E-state index is 0.0225. The highest BCUT2D eigenvalue weighted by molar-refractivity contribution is 9.12. The summed E-state index contributed by atoms with van der Waals surface area (Å²) in [4.78, 5) is 51.9. The molecule has 2 amide bonds. The summed E-state index contributed by atoms with van der Waals surface area (Å²) in [7, 11) is 0. The quantitative estimate of drug-likeness (QED) is 0.257. The van der Waals surface area contributed by atoms with Crippen molar-refractivity contribution in [1.29, 1.82) is 0 Å². The molecule has 2 aromatic rings. The number of rotatable bonds is 1. The van der Waals surface area contributed by atoms with Crippen LogP contribution in [0.5, 0.6) is 5.75 Å². The largest absolute Gasteiger partial charge is 0.508 e. The van der Waals surface area contributed by atoms with Gasteiger partial charge in [0.25, 0.3) is 11.8 Å². The SMILES string of the molecule is O=C1C=C(Br)C(=O)C2=C1C(c1c(O)ccc3ccccc13)C1=CCC3C(=O)N(O)C(=O)C3C1C2. The summed E-state index contributed by atoms with van der Waals surface area (Å²) in [6.07, 6.45) is 3.43. The predicted octanol–water partition coefficient (Wildman–Crippen LogP) is 3.70. The molecule has 0 aromatic heterocycles. The first-order valence-electron chi connectivity index (χ1n) is 11.0. The maximum Gasteiger partial charge on any atom is 0.257 e. The Morgan fingerprint density at radius 2 is 1.74 bits per heavy atom. The van der Waals surface area contributed by atoms with E-state index >= 15 is 0 Å². The second-order valence-corrected chi connectivity index (χ2v) is 9.96. The number of nitrogens with zero attached hydrogens (tertiary/aromatic N) is 1. The lowest BCUT2D eigenvalue weighted by Gasteiger charge is -2.42. The number of carbonyl (C=O) groups excluding carboxylic acids is 4. The van der Waals surface area contributed by atoms with E-state index in [4.69, 9.17) is 0 Å². The first-order chi connectivity index (χ1) is 16.3. The van der Waals surface area contributed by atoms with Crippen molar-refractivity contribution in [3.8, 4) is 5.75 Å². The summed E-state index contributed by atoms with van der Waals surface area (Å²) in [5.74, 6) is -4.93. The predicted molar refractivity (Wildman–Crippen MR) is 124 cm³/mol. The lowest BCUT2D eigenvalue weighted by Crippen LogP contribution is -2.39. The van der Waals surface area contributed by atoms with Crippen LogP contribution in [-0.2, 0) is 19.2 Å². The highest BCUT2D eigenvalue weighted by atomic mass is 79.9. The van der Waals surface area contributed by atoms with Gasteiger partial charge >= 0.3 is 0 Å². The zero-order chi connectivity index (χ0) is 23.9. The van der Waals surface area contributed by atoms with E-state index < -0.39 is 35.5 Å². The highest BCUT2D eigenvalue weighted by Gasteiger charge is 2.56. The van der Waals surface area contributed by atoms with Crippen LogP contribution in [0.2, 0.25) is 0 Å². The third kappa shape index (κ3) is 2.72. The third-order valence-electron chi connectivity index (χ3n) is 7.54. The van der Waals surface area contributed by atoms with Gasteiger partial charge in [-0.3, -0.25) is 24.4 Å². The second kappa shape index (κ2) is 7.32. The number of Topliss-reactive ketones (excluding diaryl/α,β-unsaturated/α-hetero) is 1. The van der Waals surface area contributed by atoms with E-state index in [1.165, 1.54) is 6.08 Å². The number of ketones is 2. The molecule has 1 fully saturated rings. The lowest BCUT2D eigenvalue weighted by molar-refractivity contribution is -0.173. The highest BCUT2D eigenvalue weighted by Crippen LogP contribution is 2.56. The van der Waals surface area contributed by atoms with Crippen molar-refractivity contribution in [3.05, 3.63) is 75.3 Å². The zero-order valence-corrected chi connectivity index (χ0v) is 19.3. The molecule has 7 nitrogen and oxygen atoms in total. The first kappa shape index (κ1) is 21.2. The summed E-state index contributed by atoms with van der Waals surface area (Å²) >= 11 is 3.19. The fourth-order valence-electron chi connectivity index (χ4n) is 6.11. The number of hydrogen-bond acceptors (Lipinski definition) is 6. The van der Waals surface area contributed by atoms with Gasteiger partial charge in [0.05, 0.1) is 16.3 Å². The Hall–Kier alpha value is -3.36. The van der Waals surface area contributed by atoms with Crippen molar-refractivity contribution in [2.24, 2.45) is 17.8 Å². The van der Waals surface area contributed by atoms with Crippen molar-refractivity contribution in [2.45, 2.75) is 18.8 Å². The average molecular weight is 520 g/mol. The molecule has 3 aliphatic carbocycles. The number of benzene rings is 2. The normalized spacial score (nSPS) is 28.6. The maximum atomic E-state index is 13.3. The van der Waals surface area contributed by atoms with Crippen LogP contribution in [0, 0.1) is 17.8 Å². The molecule has 2 aromatic carbocycles. The number of aromatic hydroxyl groups is 1. The number of hydroxylamine groups is 2. The molecule has 2 N–H and O–H groups in total. The van der Waals surface area contributed by atoms with Crippen LogP contribution >= 0.6 is 15.9 Å². The molecule has 4 unspecified atom stereocenters. The van der Waals surface area contributed by atoms with E-state index in [1.54, 1.807) is 12.1 Å². The molecular weight excluding hydrogens is 502 g/mol. The molecule has 34 heavy (non-hydrogen) atoms. The molecule has 1 aliphatic heterocycles. The number of halogens is 1. The van der Waals surface area contributed by atoms with Crippen molar-refractivity contribution in [2.75, 3.05) is 0 Å². The van der Waals surface area contributed by atoms with Gasteiger partial charge in [0.15, 0.2) is 11.6 Å². The number of phenols is 1. The van der Waals surface area contributed by atoms with Gasteiger partial charge in [-0.25, -0.2) is 0 Å². The van der Waals surface area contributed by atoms with E-state index in [1.807, 2.05) is 30.3 Å². The molecule has 4 aliphatic rings. The van der Waals surface area contributed by atoms with Crippen molar-refractivity contribution >= 4 is 50.1 Å². The Labute approximate surface area is 202 Å². The molecule has 0 spiro atoms. The van der Waals surface area contributed by atoms with Crippen LogP contribution < -0.4 is 0 Å². The van der Waals surface area contributed by atoms with Crippen molar-refractivity contribution < 1.29 is 29.5 Å². The number of fused-ring (bicyclic) bond motifs is 4. The van der Waals surface area contributed by atoms with Crippen molar-refractivity contribution in [3.63, 3.8) is 0 Å². The summed E-state index contributed by atoms with van der Waals surface area (Å²) in [5, 5.41) is 22.8. The summed E-state index contributed by atoms with van der Waals surface area (Å²) in [6.45, 7) is 0. The Kier molecular flexibility index (Phi) is 4.56. The minimum Gasteiger partial charge on any atom is -0.508 e. The van der Waals surface area contributed by atoms with Gasteiger partial charge in [-0.15, -0.1) is 0 Å². The number of imide groups is 1. The summed E-state index contributed by atoms with van der Waals surface area (Å²) < 4.78 is 0.134. The van der Waals surface area contributed by atoms with Gasteiger partial charge in [0.2, 0.25) is 0 Å². The van der Waals surface area contributed by atoms with Crippen LogP contribution in [0.15, 0.2) is 69.8 Å². The van der Waals surface area contributed by atoms with Gasteiger partial charge < -0.3 is 5.11 Å². The Bertz CT molecular complexity index is 1450. The fourth-order valence-corrected chi connectivity index (χ4v) is 6.56. The molecule has 170 valence electrons. The van der Waals surface area contributed by atoms with E-state index in [2.05, 4.69) is 15.9 Å². The van der Waals surface area contributed by atoms with Crippen molar-refractivity contribution in [1.82, 2.24) is 5.06 Å². The van der Waals surface area contributed by atoms with Crippen LogP contribution in [0.1, 0.15) is 24.3 Å². The zero-order valence-electron chi connectivity index (χ0n) is 17.7. The smallest absolute Gasteiger partial charge is 0.257 e. The van der Waals surface area contributed by atoms with Gasteiger partial charge in [-0.05, 0) is 51.5 Å². The minimum atomic E-state index is -0.834. The van der Waals surface area contributed by atoms with Gasteiger partial charge in [-0.2, -0.15) is 5.06 Å².